The number of para-hydroxylation sites is 1. The van der Waals surface area contributed by atoms with Gasteiger partial charge < -0.3 is 42.6 Å². The Morgan fingerprint density at radius 2 is 1.46 bits per heavy atom. The smallest absolute Gasteiger partial charge is 0.411 e. The molecule has 2 aromatic carbocycles. The van der Waals surface area contributed by atoms with Crippen molar-refractivity contribution in [2.24, 2.45) is 0 Å². The lowest BCUT2D eigenvalue weighted by atomic mass is 9.98. The van der Waals surface area contributed by atoms with Crippen molar-refractivity contribution in [3.05, 3.63) is 93.2 Å². The Balaban J connectivity index is 1.61. The molecule has 19 heteroatoms. The van der Waals surface area contributed by atoms with Gasteiger partial charge in [0.2, 0.25) is 18.1 Å². The molecule has 19 nitrogen and oxygen atoms in total. The van der Waals surface area contributed by atoms with Crippen LogP contribution >= 0.6 is 0 Å². The number of nitrogens with one attached hydrogen (secondary N) is 1. The van der Waals surface area contributed by atoms with Crippen LogP contribution in [0.25, 0.3) is 0 Å². The van der Waals surface area contributed by atoms with E-state index < -0.39 is 102 Å². The third kappa shape index (κ3) is 11.7. The topological polar surface area (TPSA) is 241 Å². The van der Waals surface area contributed by atoms with Crippen molar-refractivity contribution < 1.29 is 76.3 Å². The highest BCUT2D eigenvalue weighted by Gasteiger charge is 2.54. The monoisotopic (exact) mass is 784 g/mol. The average molecular weight is 785 g/mol. The molecule has 2 aliphatic rings. The van der Waals surface area contributed by atoms with Crippen molar-refractivity contribution in [1.29, 1.82) is 0 Å². The summed E-state index contributed by atoms with van der Waals surface area (Å²) >= 11 is 0. The van der Waals surface area contributed by atoms with Gasteiger partial charge in [-0.1, -0.05) is 42.5 Å². The molecule has 0 spiro atoms. The van der Waals surface area contributed by atoms with Crippen molar-refractivity contribution in [3.8, 4) is 5.75 Å². The summed E-state index contributed by atoms with van der Waals surface area (Å²) in [5.41, 5.74) is 0.244. The lowest BCUT2D eigenvalue weighted by Crippen LogP contribution is -2.63. The number of benzene rings is 2. The van der Waals surface area contributed by atoms with Crippen LogP contribution in [0.4, 0.5) is 10.5 Å². The molecule has 1 N–H and O–H groups in total. The molecular formula is C37H40N2O17. The number of hydrogen-bond donors (Lipinski definition) is 1. The van der Waals surface area contributed by atoms with Gasteiger partial charge in [-0.2, -0.15) is 0 Å². The Labute approximate surface area is 319 Å². The molecule has 300 valence electrons. The molecule has 1 heterocycles. The van der Waals surface area contributed by atoms with Crippen molar-refractivity contribution in [2.75, 3.05) is 13.7 Å². The number of aldehydes is 1. The minimum atomic E-state index is -1.83. The Morgan fingerprint density at radius 1 is 0.804 bits per heavy atom. The first-order chi connectivity index (χ1) is 26.7. The summed E-state index contributed by atoms with van der Waals surface area (Å²) in [7, 11) is 1.43. The molecule has 1 fully saturated rings. The second-order valence-electron chi connectivity index (χ2n) is 12.2. The summed E-state index contributed by atoms with van der Waals surface area (Å²) in [5.74, 6) is -3.99. The van der Waals surface area contributed by atoms with Crippen LogP contribution < -0.4 is 10.1 Å². The van der Waals surface area contributed by atoms with Crippen LogP contribution in [-0.2, 0) is 75.1 Å². The van der Waals surface area contributed by atoms with Crippen LogP contribution in [0.5, 0.6) is 5.75 Å². The first-order valence-electron chi connectivity index (χ1n) is 16.9. The zero-order valence-corrected chi connectivity index (χ0v) is 30.9. The van der Waals surface area contributed by atoms with Crippen molar-refractivity contribution in [3.63, 3.8) is 0 Å². The Kier molecular flexibility index (Phi) is 15.2. The fourth-order valence-corrected chi connectivity index (χ4v) is 5.70. The molecule has 1 amide bonds. The van der Waals surface area contributed by atoms with Crippen molar-refractivity contribution in [2.45, 2.75) is 83.8 Å². The number of nitrogens with zero attached hydrogens (tertiary/aromatic N) is 1. The molecule has 1 saturated heterocycles. The van der Waals surface area contributed by atoms with E-state index in [9.17, 15) is 38.9 Å². The fraction of sp³-hybridized carbons (Fsp3) is 0.405. The Morgan fingerprint density at radius 3 is 2.07 bits per heavy atom. The second kappa shape index (κ2) is 19.9. The maximum atomic E-state index is 13.1. The largest absolute Gasteiger partial charge is 0.463 e. The lowest BCUT2D eigenvalue weighted by Gasteiger charge is -2.43. The first kappa shape index (κ1) is 42.6. The SMILES string of the molecule is COC1C=C(C=O)C(NC(=O)OCc2cccc([N+](=O)[O-])c2OC2O[C@H](COC(C)=O)[C@H](OC(C)=O)[C@H](OC(C)=O)[C@H]2OC(C)=O)=CC1OCc1ccccc1. The molecule has 0 radical (unpaired) electrons. The number of hydrogen-bond acceptors (Lipinski definition) is 17. The maximum Gasteiger partial charge on any atom is 0.411 e. The fourth-order valence-electron chi connectivity index (χ4n) is 5.70. The van der Waals surface area contributed by atoms with Gasteiger partial charge >= 0.3 is 35.7 Å². The van der Waals surface area contributed by atoms with E-state index >= 15 is 0 Å². The number of ether oxygens (including phenoxy) is 9. The van der Waals surface area contributed by atoms with Crippen LogP contribution in [0.15, 0.2) is 72.0 Å². The zero-order valence-electron chi connectivity index (χ0n) is 30.9. The molecule has 7 atom stereocenters. The van der Waals surface area contributed by atoms with Gasteiger partial charge in [0.05, 0.1) is 17.2 Å². The number of carbonyl (C=O) groups is 6. The van der Waals surface area contributed by atoms with Crippen LogP contribution in [0, 0.1) is 10.1 Å². The summed E-state index contributed by atoms with van der Waals surface area (Å²) in [6, 6.07) is 12.9. The molecule has 0 aromatic heterocycles. The van der Waals surface area contributed by atoms with Gasteiger partial charge in [-0.05, 0) is 17.7 Å². The van der Waals surface area contributed by atoms with Crippen LogP contribution in [0.3, 0.4) is 0 Å². The molecule has 1 aliphatic carbocycles. The number of methoxy groups -OCH3 is 1. The van der Waals surface area contributed by atoms with Gasteiger partial charge in [0.15, 0.2) is 18.5 Å². The summed E-state index contributed by atoms with van der Waals surface area (Å²) < 4.78 is 50.0. The van der Waals surface area contributed by atoms with E-state index in [1.54, 1.807) is 0 Å². The van der Waals surface area contributed by atoms with E-state index in [2.05, 4.69) is 5.32 Å². The number of alkyl carbamates (subject to hydrolysis) is 1. The van der Waals surface area contributed by atoms with Crippen molar-refractivity contribution in [1.82, 2.24) is 5.32 Å². The second-order valence-corrected chi connectivity index (χ2v) is 12.2. The number of nitro benzene ring substituents is 1. The van der Waals surface area contributed by atoms with E-state index in [0.29, 0.717) is 6.29 Å². The standard InChI is InChI=1S/C37H40N2O17/c1-20(41)49-19-31-33(52-21(2)42)34(53-22(3)43)35(54-23(4)44)36(55-31)56-32-25(12-9-13-28(32)39(46)47)18-51-37(45)38-27-15-30(29(48-5)14-26(27)16-40)50-17-24-10-7-6-8-11-24/h6-16,29-31,33-36H,17-19H2,1-5H3,(H,38,45)/t29?,30?,31-,33+,34+,35-,36?/m1/s1. The highest BCUT2D eigenvalue weighted by atomic mass is 16.7. The summed E-state index contributed by atoms with van der Waals surface area (Å²) in [4.78, 5) is 84.8. The number of nitro groups is 1. The average Bonchev–Trinajstić information content (AvgIpc) is 3.14. The normalized spacial score (nSPS) is 22.9. The number of rotatable bonds is 16. The van der Waals surface area contributed by atoms with E-state index in [4.69, 9.17) is 42.6 Å². The van der Waals surface area contributed by atoms with Crippen LogP contribution in [-0.4, -0.2) is 97.8 Å². The minimum Gasteiger partial charge on any atom is -0.463 e. The maximum absolute atomic E-state index is 13.1. The Bertz CT molecular complexity index is 1840. The molecule has 1 aliphatic heterocycles. The molecule has 3 unspecified atom stereocenters. The Hall–Kier alpha value is -6.18. The van der Waals surface area contributed by atoms with Gasteiger partial charge in [-0.25, -0.2) is 4.79 Å². The van der Waals surface area contributed by atoms with Gasteiger partial charge in [-0.15, -0.1) is 0 Å². The van der Waals surface area contributed by atoms with E-state index in [1.807, 2.05) is 30.3 Å². The number of allylic oxidation sites excluding steroid dienone is 1. The molecule has 0 saturated carbocycles. The minimum absolute atomic E-state index is 0.0457. The zero-order chi connectivity index (χ0) is 40.9. The van der Waals surface area contributed by atoms with Gasteiger partial charge in [0, 0.05) is 52.0 Å². The molecule has 4 rings (SSSR count). The lowest BCUT2D eigenvalue weighted by molar-refractivity contribution is -0.387. The third-order valence-corrected chi connectivity index (χ3v) is 8.04. The van der Waals surface area contributed by atoms with Gasteiger partial charge in [0.1, 0.15) is 31.5 Å². The highest BCUT2D eigenvalue weighted by Crippen LogP contribution is 2.37. The van der Waals surface area contributed by atoms with E-state index in [0.717, 1.165) is 39.3 Å². The molecule has 2 aromatic rings. The predicted octanol–water partition coefficient (Wildman–Crippen LogP) is 2.91. The number of amides is 1. The molecular weight excluding hydrogens is 744 g/mol. The molecule has 56 heavy (non-hydrogen) atoms. The van der Waals surface area contributed by atoms with Crippen LogP contribution in [0.1, 0.15) is 38.8 Å². The van der Waals surface area contributed by atoms with Crippen molar-refractivity contribution >= 4 is 41.9 Å². The van der Waals surface area contributed by atoms with Gasteiger partial charge in [-0.3, -0.25) is 39.4 Å². The predicted molar refractivity (Wildman–Crippen MR) is 187 cm³/mol. The highest BCUT2D eigenvalue weighted by molar-refractivity contribution is 5.84. The first-order valence-corrected chi connectivity index (χ1v) is 16.9. The number of esters is 4. The number of carbonyl (C=O) groups excluding carboxylic acids is 6. The quantitative estimate of drug-likeness (QED) is 0.0846. The summed E-state index contributed by atoms with van der Waals surface area (Å²) in [6.07, 6.45) is -7.12. The van der Waals surface area contributed by atoms with Gasteiger partial charge in [0.25, 0.3) is 0 Å². The third-order valence-electron chi connectivity index (χ3n) is 8.04. The summed E-state index contributed by atoms with van der Waals surface area (Å²) in [6.45, 7) is 3.12. The molecule has 0 bridgehead atoms. The van der Waals surface area contributed by atoms with E-state index in [-0.39, 0.29) is 23.4 Å². The van der Waals surface area contributed by atoms with E-state index in [1.165, 1.54) is 31.4 Å². The summed E-state index contributed by atoms with van der Waals surface area (Å²) in [5, 5.41) is 14.7. The van der Waals surface area contributed by atoms with Crippen LogP contribution in [0.2, 0.25) is 0 Å².